The fourth-order valence-electron chi connectivity index (χ4n) is 2.29. The first-order valence-electron chi connectivity index (χ1n) is 8.49. The highest BCUT2D eigenvalue weighted by Crippen LogP contribution is 2.23. The molecule has 29 heavy (non-hydrogen) atoms. The van der Waals surface area contributed by atoms with Crippen molar-refractivity contribution in [2.45, 2.75) is 0 Å². The van der Waals surface area contributed by atoms with Crippen LogP contribution < -0.4 is 15.1 Å². The summed E-state index contributed by atoms with van der Waals surface area (Å²) in [4.78, 5) is 21.3. The molecule has 0 bridgehead atoms. The molecule has 0 unspecified atom stereocenters. The number of aromatic nitrogens is 2. The van der Waals surface area contributed by atoms with Crippen LogP contribution in [-0.4, -0.2) is 36.2 Å². The van der Waals surface area contributed by atoms with E-state index in [0.717, 1.165) is 11.9 Å². The molecule has 1 heterocycles. The first-order chi connectivity index (χ1) is 13.9. The van der Waals surface area contributed by atoms with Gasteiger partial charge in [0.05, 0.1) is 12.4 Å². The Morgan fingerprint density at radius 1 is 1.24 bits per heavy atom. The first kappa shape index (κ1) is 20.2. The molecule has 0 saturated carbocycles. The molecule has 0 aliphatic heterocycles. The second kappa shape index (κ2) is 9.11. The van der Waals surface area contributed by atoms with E-state index in [1.807, 2.05) is 25.1 Å². The molecule has 1 N–H and O–H groups in total. The Balaban J connectivity index is 1.61. The summed E-state index contributed by atoms with van der Waals surface area (Å²) in [5.74, 6) is -0.943. The summed E-state index contributed by atoms with van der Waals surface area (Å²) in [5, 5.41) is 3.84. The molecule has 0 aliphatic rings. The lowest BCUT2D eigenvalue weighted by Gasteiger charge is -2.12. The molecule has 1 aromatic heterocycles. The molecule has 9 heteroatoms. The van der Waals surface area contributed by atoms with Crippen LogP contribution in [-0.2, 0) is 0 Å². The number of ether oxygens (including phenoxy) is 1. The molecule has 7 nitrogen and oxygen atoms in total. The highest BCUT2D eigenvalue weighted by atomic mass is 35.5. The number of nitrogens with one attached hydrogen (secondary N) is 1. The average molecular weight is 414 g/mol. The quantitative estimate of drug-likeness (QED) is 0.376. The summed E-state index contributed by atoms with van der Waals surface area (Å²) in [6, 6.07) is 13.8. The van der Waals surface area contributed by atoms with Crippen LogP contribution in [0.15, 0.2) is 59.8 Å². The van der Waals surface area contributed by atoms with Crippen molar-refractivity contribution in [1.82, 2.24) is 15.4 Å². The third kappa shape index (κ3) is 5.49. The van der Waals surface area contributed by atoms with Crippen LogP contribution in [0.4, 0.5) is 10.1 Å². The molecule has 0 radical (unpaired) electrons. The van der Waals surface area contributed by atoms with E-state index in [4.69, 9.17) is 16.3 Å². The molecule has 3 aromatic rings. The summed E-state index contributed by atoms with van der Waals surface area (Å²) >= 11 is 5.64. The highest BCUT2D eigenvalue weighted by Gasteiger charge is 2.09. The maximum Gasteiger partial charge on any atom is 0.271 e. The summed E-state index contributed by atoms with van der Waals surface area (Å²) in [6.07, 6.45) is 2.42. The van der Waals surface area contributed by atoms with Gasteiger partial charge in [0, 0.05) is 25.3 Å². The standard InChI is InChI=1S/C20H17ClFN5O2/c1-27(2)15-5-3-4-14(10-15)18(28)26-24-11-13-6-8-16(9-7-13)29-19-17(22)12-23-20(21)25-19/h3-12H,1-2H3,(H,26,28). The summed E-state index contributed by atoms with van der Waals surface area (Å²) < 4.78 is 19.0. The SMILES string of the molecule is CN(C)c1cccc(C(=O)NN=Cc2ccc(Oc3nc(Cl)ncc3F)cc2)c1. The minimum Gasteiger partial charge on any atom is -0.436 e. The lowest BCUT2D eigenvalue weighted by Crippen LogP contribution is -2.18. The minimum absolute atomic E-state index is 0.114. The van der Waals surface area contributed by atoms with Gasteiger partial charge in [0.2, 0.25) is 11.1 Å². The van der Waals surface area contributed by atoms with Crippen LogP contribution in [0, 0.1) is 5.82 Å². The van der Waals surface area contributed by atoms with Crippen LogP contribution in [0.25, 0.3) is 0 Å². The maximum atomic E-state index is 13.6. The van der Waals surface area contributed by atoms with Crippen molar-refractivity contribution in [3.8, 4) is 11.6 Å². The van der Waals surface area contributed by atoms with Crippen LogP contribution in [0.3, 0.4) is 0 Å². The van der Waals surface area contributed by atoms with Gasteiger partial charge in [-0.2, -0.15) is 14.5 Å². The zero-order valence-corrected chi connectivity index (χ0v) is 16.4. The highest BCUT2D eigenvalue weighted by molar-refractivity contribution is 6.28. The lowest BCUT2D eigenvalue weighted by molar-refractivity contribution is 0.0955. The van der Waals surface area contributed by atoms with Gasteiger partial charge in [-0.15, -0.1) is 0 Å². The number of benzene rings is 2. The number of amides is 1. The van der Waals surface area contributed by atoms with Crippen LogP contribution in [0.2, 0.25) is 5.28 Å². The monoisotopic (exact) mass is 413 g/mol. The maximum absolute atomic E-state index is 13.6. The molecule has 2 aromatic carbocycles. The van der Waals surface area contributed by atoms with Crippen LogP contribution in [0.5, 0.6) is 11.6 Å². The zero-order chi connectivity index (χ0) is 20.8. The second-order valence-electron chi connectivity index (χ2n) is 6.11. The van der Waals surface area contributed by atoms with Crippen molar-refractivity contribution in [1.29, 1.82) is 0 Å². The number of rotatable bonds is 6. The van der Waals surface area contributed by atoms with Crippen molar-refractivity contribution >= 4 is 29.4 Å². The number of hydrogen-bond donors (Lipinski definition) is 1. The fourth-order valence-corrected chi connectivity index (χ4v) is 2.42. The van der Waals surface area contributed by atoms with Gasteiger partial charge in [0.25, 0.3) is 11.8 Å². The van der Waals surface area contributed by atoms with E-state index in [0.29, 0.717) is 16.9 Å². The molecule has 0 atom stereocenters. The van der Waals surface area contributed by atoms with Crippen molar-refractivity contribution in [2.24, 2.45) is 5.10 Å². The van der Waals surface area contributed by atoms with Crippen molar-refractivity contribution in [2.75, 3.05) is 19.0 Å². The molecule has 148 valence electrons. The zero-order valence-electron chi connectivity index (χ0n) is 15.6. The van der Waals surface area contributed by atoms with Gasteiger partial charge in [0.15, 0.2) is 0 Å². The number of anilines is 1. The predicted octanol–water partition coefficient (Wildman–Crippen LogP) is 3.89. The normalized spacial score (nSPS) is 10.8. The number of halogens is 2. The van der Waals surface area contributed by atoms with E-state index in [1.165, 1.54) is 6.21 Å². The van der Waals surface area contributed by atoms with Gasteiger partial charge in [0.1, 0.15) is 5.75 Å². The molecular weight excluding hydrogens is 397 g/mol. The molecule has 3 rings (SSSR count). The Morgan fingerprint density at radius 2 is 2.00 bits per heavy atom. The Kier molecular flexibility index (Phi) is 6.36. The molecule has 0 spiro atoms. The molecule has 0 saturated heterocycles. The van der Waals surface area contributed by atoms with Gasteiger partial charge in [-0.1, -0.05) is 6.07 Å². The minimum atomic E-state index is -0.721. The Hall–Kier alpha value is -3.52. The van der Waals surface area contributed by atoms with E-state index in [1.54, 1.807) is 42.5 Å². The molecule has 0 aliphatic carbocycles. The van der Waals surface area contributed by atoms with Gasteiger partial charge < -0.3 is 9.64 Å². The van der Waals surface area contributed by atoms with Gasteiger partial charge >= 0.3 is 0 Å². The van der Waals surface area contributed by atoms with Gasteiger partial charge in [-0.3, -0.25) is 4.79 Å². The fraction of sp³-hybridized carbons (Fsp3) is 0.100. The van der Waals surface area contributed by atoms with Crippen molar-refractivity contribution in [3.63, 3.8) is 0 Å². The van der Waals surface area contributed by atoms with E-state index in [2.05, 4.69) is 20.5 Å². The smallest absolute Gasteiger partial charge is 0.271 e. The number of carbonyl (C=O) groups is 1. The lowest BCUT2D eigenvalue weighted by atomic mass is 10.2. The first-order valence-corrected chi connectivity index (χ1v) is 8.87. The van der Waals surface area contributed by atoms with Gasteiger partial charge in [-0.25, -0.2) is 10.4 Å². The van der Waals surface area contributed by atoms with Crippen molar-refractivity contribution in [3.05, 3.63) is 77.0 Å². The van der Waals surface area contributed by atoms with Crippen LogP contribution >= 0.6 is 11.6 Å². The Labute approximate surface area is 171 Å². The van der Waals surface area contributed by atoms with Gasteiger partial charge in [-0.05, 0) is 59.6 Å². The Bertz CT molecular complexity index is 1040. The van der Waals surface area contributed by atoms with Crippen molar-refractivity contribution < 1.29 is 13.9 Å². The summed E-state index contributed by atoms with van der Waals surface area (Å²) in [5.41, 5.74) is 4.61. The second-order valence-corrected chi connectivity index (χ2v) is 6.45. The molecule has 1 amide bonds. The average Bonchev–Trinajstić information content (AvgIpc) is 2.72. The molecular formula is C20H17ClFN5O2. The number of nitrogens with zero attached hydrogens (tertiary/aromatic N) is 4. The third-order valence-corrected chi connectivity index (χ3v) is 3.96. The number of hydrogen-bond acceptors (Lipinski definition) is 6. The van der Waals surface area contributed by atoms with E-state index in [9.17, 15) is 9.18 Å². The van der Waals surface area contributed by atoms with E-state index >= 15 is 0 Å². The molecule has 0 fully saturated rings. The van der Waals surface area contributed by atoms with E-state index < -0.39 is 5.82 Å². The summed E-state index contributed by atoms with van der Waals surface area (Å²) in [6.45, 7) is 0. The number of carbonyl (C=O) groups excluding carboxylic acids is 1. The largest absolute Gasteiger partial charge is 0.436 e. The Morgan fingerprint density at radius 3 is 2.72 bits per heavy atom. The topological polar surface area (TPSA) is 79.7 Å². The van der Waals surface area contributed by atoms with Crippen LogP contribution in [0.1, 0.15) is 15.9 Å². The third-order valence-electron chi connectivity index (χ3n) is 3.78. The number of hydrazone groups is 1. The summed E-state index contributed by atoms with van der Waals surface area (Å²) in [7, 11) is 3.80. The predicted molar refractivity (Wildman–Crippen MR) is 109 cm³/mol. The van der Waals surface area contributed by atoms with E-state index in [-0.39, 0.29) is 17.1 Å².